The van der Waals surface area contributed by atoms with Crippen molar-refractivity contribution in [2.75, 3.05) is 13.6 Å². The van der Waals surface area contributed by atoms with Gasteiger partial charge in [-0.2, -0.15) is 0 Å². The number of hydrogen-bond acceptors (Lipinski definition) is 2. The van der Waals surface area contributed by atoms with Crippen LogP contribution in [-0.4, -0.2) is 24.9 Å². The van der Waals surface area contributed by atoms with Crippen LogP contribution >= 0.6 is 0 Å². The Morgan fingerprint density at radius 2 is 2.35 bits per heavy atom. The Morgan fingerprint density at radius 1 is 1.47 bits per heavy atom. The summed E-state index contributed by atoms with van der Waals surface area (Å²) in [5.41, 5.74) is 2.52. The zero-order chi connectivity index (χ0) is 12.1. The summed E-state index contributed by atoms with van der Waals surface area (Å²) in [7, 11) is 1.90. The van der Waals surface area contributed by atoms with Crippen LogP contribution in [0.3, 0.4) is 0 Å². The van der Waals surface area contributed by atoms with E-state index in [0.717, 1.165) is 35.7 Å². The number of fused-ring (bicyclic) bond motifs is 1. The van der Waals surface area contributed by atoms with Crippen LogP contribution in [0.1, 0.15) is 22.3 Å². The number of aromatic nitrogens is 1. The Kier molecular flexibility index (Phi) is 3.59. The van der Waals surface area contributed by atoms with Crippen molar-refractivity contribution in [3.05, 3.63) is 35.5 Å². The minimum atomic E-state index is 0.665. The first-order valence-corrected chi connectivity index (χ1v) is 5.55. The molecule has 0 radical (unpaired) electrons. The molecule has 0 bridgehead atoms. The van der Waals surface area contributed by atoms with Gasteiger partial charge in [0.1, 0.15) is 0 Å². The molecule has 17 heavy (non-hydrogen) atoms. The van der Waals surface area contributed by atoms with Crippen LogP contribution < -0.4 is 5.32 Å². The van der Waals surface area contributed by atoms with Crippen LogP contribution in [0.25, 0.3) is 10.9 Å². The lowest BCUT2D eigenvalue weighted by Gasteiger charge is -1.95. The van der Waals surface area contributed by atoms with Crippen LogP contribution in [0.5, 0.6) is 0 Å². The van der Waals surface area contributed by atoms with Crippen molar-refractivity contribution in [1.29, 1.82) is 0 Å². The third-order valence-electron chi connectivity index (χ3n) is 2.59. The molecule has 1 aromatic heterocycles. The molecule has 0 fully saturated rings. The highest BCUT2D eigenvalue weighted by Gasteiger charge is 2.05. The third kappa shape index (κ3) is 2.38. The van der Waals surface area contributed by atoms with Gasteiger partial charge in [0.25, 0.3) is 0 Å². The van der Waals surface area contributed by atoms with E-state index in [9.17, 15) is 4.79 Å². The quantitative estimate of drug-likeness (QED) is 0.477. The van der Waals surface area contributed by atoms with Crippen molar-refractivity contribution in [2.24, 2.45) is 0 Å². The van der Waals surface area contributed by atoms with Gasteiger partial charge < -0.3 is 10.3 Å². The molecule has 0 saturated heterocycles. The van der Waals surface area contributed by atoms with Gasteiger partial charge in [-0.3, -0.25) is 4.79 Å². The number of nitrogens with one attached hydrogen (secondary N) is 2. The molecule has 3 heteroatoms. The van der Waals surface area contributed by atoms with Gasteiger partial charge in [0.2, 0.25) is 0 Å². The highest BCUT2D eigenvalue weighted by Crippen LogP contribution is 2.20. The van der Waals surface area contributed by atoms with Crippen LogP contribution in [0, 0.1) is 11.8 Å². The van der Waals surface area contributed by atoms with E-state index in [4.69, 9.17) is 0 Å². The van der Waals surface area contributed by atoms with Crippen LogP contribution in [-0.2, 0) is 0 Å². The number of carbonyl (C=O) groups excluding carboxylic acids is 1. The molecule has 0 amide bonds. The van der Waals surface area contributed by atoms with E-state index in [2.05, 4.69) is 22.1 Å². The fraction of sp³-hybridized carbons (Fsp3) is 0.214. The first-order chi connectivity index (χ1) is 8.36. The molecule has 1 heterocycles. The average molecular weight is 226 g/mol. The van der Waals surface area contributed by atoms with Crippen molar-refractivity contribution in [1.82, 2.24) is 10.3 Å². The molecule has 0 unspecified atom stereocenters. The molecule has 2 rings (SSSR count). The van der Waals surface area contributed by atoms with E-state index in [0.29, 0.717) is 5.56 Å². The first-order valence-electron chi connectivity index (χ1n) is 5.55. The summed E-state index contributed by atoms with van der Waals surface area (Å²) in [4.78, 5) is 14.0. The molecule has 2 aromatic rings. The molecule has 86 valence electrons. The van der Waals surface area contributed by atoms with Crippen molar-refractivity contribution in [3.63, 3.8) is 0 Å². The van der Waals surface area contributed by atoms with Gasteiger partial charge in [-0.05, 0) is 19.2 Å². The molecule has 3 nitrogen and oxygen atoms in total. The SMILES string of the molecule is CNCCC#Cc1cccc2[nH]cc(C=O)c12. The molecule has 0 aliphatic heterocycles. The normalized spacial score (nSPS) is 9.94. The Hall–Kier alpha value is -2.05. The Bertz CT molecular complexity index is 587. The second kappa shape index (κ2) is 5.33. The van der Waals surface area contributed by atoms with Crippen molar-refractivity contribution in [3.8, 4) is 11.8 Å². The van der Waals surface area contributed by atoms with Crippen LogP contribution in [0.4, 0.5) is 0 Å². The molecular formula is C14H14N2O. The van der Waals surface area contributed by atoms with Crippen LogP contribution in [0.2, 0.25) is 0 Å². The molecule has 1 aromatic carbocycles. The van der Waals surface area contributed by atoms with E-state index >= 15 is 0 Å². The number of carbonyl (C=O) groups is 1. The molecule has 0 saturated carbocycles. The van der Waals surface area contributed by atoms with Crippen molar-refractivity contribution >= 4 is 17.2 Å². The summed E-state index contributed by atoms with van der Waals surface area (Å²) in [5.74, 6) is 6.21. The topological polar surface area (TPSA) is 44.9 Å². The van der Waals surface area contributed by atoms with Gasteiger partial charge in [0.05, 0.1) is 0 Å². The number of benzene rings is 1. The summed E-state index contributed by atoms with van der Waals surface area (Å²) >= 11 is 0. The molecule has 0 spiro atoms. The van der Waals surface area contributed by atoms with Gasteiger partial charge in [0, 0.05) is 41.2 Å². The zero-order valence-corrected chi connectivity index (χ0v) is 9.71. The molecule has 0 aliphatic rings. The van der Waals surface area contributed by atoms with E-state index in [1.165, 1.54) is 0 Å². The zero-order valence-electron chi connectivity index (χ0n) is 9.71. The molecule has 2 N–H and O–H groups in total. The number of aromatic amines is 1. The van der Waals surface area contributed by atoms with Gasteiger partial charge in [-0.25, -0.2) is 0 Å². The van der Waals surface area contributed by atoms with Crippen molar-refractivity contribution < 1.29 is 4.79 Å². The fourth-order valence-electron chi connectivity index (χ4n) is 1.75. The average Bonchev–Trinajstić information content (AvgIpc) is 2.78. The lowest BCUT2D eigenvalue weighted by Crippen LogP contribution is -2.05. The fourth-order valence-corrected chi connectivity index (χ4v) is 1.75. The number of rotatable bonds is 3. The maximum atomic E-state index is 10.9. The van der Waals surface area contributed by atoms with Gasteiger partial charge >= 0.3 is 0 Å². The van der Waals surface area contributed by atoms with E-state index in [-0.39, 0.29) is 0 Å². The van der Waals surface area contributed by atoms with E-state index < -0.39 is 0 Å². The second-order valence-corrected chi connectivity index (χ2v) is 3.75. The minimum absolute atomic E-state index is 0.665. The smallest absolute Gasteiger partial charge is 0.152 e. The summed E-state index contributed by atoms with van der Waals surface area (Å²) < 4.78 is 0. The summed E-state index contributed by atoms with van der Waals surface area (Å²) in [6, 6.07) is 5.83. The summed E-state index contributed by atoms with van der Waals surface area (Å²) in [6.45, 7) is 0.872. The third-order valence-corrected chi connectivity index (χ3v) is 2.59. The lowest BCUT2D eigenvalue weighted by molar-refractivity contribution is 0.112. The largest absolute Gasteiger partial charge is 0.360 e. The highest BCUT2D eigenvalue weighted by atomic mass is 16.1. The maximum Gasteiger partial charge on any atom is 0.152 e. The first kappa shape index (κ1) is 11.4. The number of H-pyrrole nitrogens is 1. The van der Waals surface area contributed by atoms with E-state index in [1.807, 2.05) is 25.2 Å². The van der Waals surface area contributed by atoms with Gasteiger partial charge in [-0.15, -0.1) is 0 Å². The Labute approximate surface area is 100 Å². The van der Waals surface area contributed by atoms with Gasteiger partial charge in [0.15, 0.2) is 6.29 Å². The maximum absolute atomic E-state index is 10.9. The van der Waals surface area contributed by atoms with Gasteiger partial charge in [-0.1, -0.05) is 17.9 Å². The van der Waals surface area contributed by atoms with E-state index in [1.54, 1.807) is 6.20 Å². The Balaban J connectivity index is 2.41. The predicted octanol–water partition coefficient (Wildman–Crippen LogP) is 1.94. The van der Waals surface area contributed by atoms with Crippen LogP contribution in [0.15, 0.2) is 24.4 Å². The lowest BCUT2D eigenvalue weighted by atomic mass is 10.1. The molecular weight excluding hydrogens is 212 g/mol. The number of aldehydes is 1. The monoisotopic (exact) mass is 226 g/mol. The molecule has 0 aliphatic carbocycles. The predicted molar refractivity (Wildman–Crippen MR) is 69.1 cm³/mol. The summed E-state index contributed by atoms with van der Waals surface area (Å²) in [5, 5.41) is 3.96. The van der Waals surface area contributed by atoms with Crippen molar-refractivity contribution in [2.45, 2.75) is 6.42 Å². The Morgan fingerprint density at radius 3 is 3.12 bits per heavy atom. The standard InChI is InChI=1S/C14H14N2O/c1-15-8-3-2-5-11-6-4-7-13-14(11)12(10-17)9-16-13/h4,6-7,9-10,15-16H,3,8H2,1H3. The highest BCUT2D eigenvalue weighted by molar-refractivity contribution is 6.00. The number of hydrogen-bond donors (Lipinski definition) is 2. The molecule has 0 atom stereocenters. The minimum Gasteiger partial charge on any atom is -0.360 e. The summed E-state index contributed by atoms with van der Waals surface area (Å²) in [6.07, 6.45) is 3.38. The second-order valence-electron chi connectivity index (χ2n) is 3.75.